The molecule has 0 aromatic carbocycles. The Morgan fingerprint density at radius 3 is 3.27 bits per heavy atom. The van der Waals surface area contributed by atoms with Crippen LogP contribution in [0, 0.1) is 0 Å². The monoisotopic (exact) mass is 204 g/mol. The first-order chi connectivity index (χ1) is 7.34. The highest BCUT2D eigenvalue weighted by Gasteiger charge is 2.20. The summed E-state index contributed by atoms with van der Waals surface area (Å²) in [5.41, 5.74) is 0.760. The Morgan fingerprint density at radius 1 is 1.53 bits per heavy atom. The van der Waals surface area contributed by atoms with Gasteiger partial charge >= 0.3 is 0 Å². The second-order valence-corrected chi connectivity index (χ2v) is 3.85. The standard InChI is InChI=1S/C10H12N4O/c15-7-3-5-14-9(6-7)12-13-10(14)8-2-1-4-11-8/h3,5-6,8,11-12H,1-2,4H2. The van der Waals surface area contributed by atoms with Crippen LogP contribution in [0.2, 0.25) is 0 Å². The molecule has 0 aliphatic carbocycles. The Balaban J connectivity index is 2.15. The van der Waals surface area contributed by atoms with Gasteiger partial charge in [0.15, 0.2) is 11.3 Å². The van der Waals surface area contributed by atoms with Crippen molar-refractivity contribution >= 4 is 5.65 Å². The molecule has 1 aliphatic rings. The molecule has 2 aromatic heterocycles. The zero-order chi connectivity index (χ0) is 10.3. The number of nitrogens with one attached hydrogen (secondary N) is 2. The summed E-state index contributed by atoms with van der Waals surface area (Å²) in [6.07, 6.45) is 4.06. The maximum absolute atomic E-state index is 11.1. The van der Waals surface area contributed by atoms with Crippen LogP contribution in [0.1, 0.15) is 24.7 Å². The number of fused-ring (bicyclic) bond motifs is 1. The zero-order valence-corrected chi connectivity index (χ0v) is 8.23. The van der Waals surface area contributed by atoms with Crippen LogP contribution in [0.5, 0.6) is 0 Å². The largest absolute Gasteiger partial charge is 0.307 e. The Hall–Kier alpha value is -1.62. The van der Waals surface area contributed by atoms with Crippen LogP contribution < -0.4 is 10.7 Å². The van der Waals surface area contributed by atoms with E-state index in [0.29, 0.717) is 6.04 Å². The Kier molecular flexibility index (Phi) is 1.85. The maximum atomic E-state index is 11.1. The van der Waals surface area contributed by atoms with E-state index in [1.165, 1.54) is 6.42 Å². The molecular weight excluding hydrogens is 192 g/mol. The Morgan fingerprint density at radius 2 is 2.47 bits per heavy atom. The van der Waals surface area contributed by atoms with Crippen LogP contribution in [0.25, 0.3) is 5.65 Å². The zero-order valence-electron chi connectivity index (χ0n) is 8.23. The van der Waals surface area contributed by atoms with E-state index in [9.17, 15) is 4.79 Å². The fourth-order valence-corrected chi connectivity index (χ4v) is 2.09. The number of hydrogen-bond acceptors (Lipinski definition) is 3. The molecule has 2 N–H and O–H groups in total. The van der Waals surface area contributed by atoms with Crippen LogP contribution in [0.3, 0.4) is 0 Å². The van der Waals surface area contributed by atoms with E-state index in [0.717, 1.165) is 24.4 Å². The van der Waals surface area contributed by atoms with Crippen molar-refractivity contribution in [2.75, 3.05) is 6.54 Å². The van der Waals surface area contributed by atoms with Gasteiger partial charge in [-0.15, -0.1) is 0 Å². The SMILES string of the molecule is O=c1ccn2c(C3CCCN3)n[nH]c2c1. The number of pyridine rings is 1. The van der Waals surface area contributed by atoms with Gasteiger partial charge in [0, 0.05) is 18.3 Å². The Labute approximate surface area is 86.1 Å². The van der Waals surface area contributed by atoms with E-state index >= 15 is 0 Å². The predicted octanol–water partition coefficient (Wildman–Crippen LogP) is 0.447. The van der Waals surface area contributed by atoms with Gasteiger partial charge in [-0.2, -0.15) is 5.10 Å². The van der Waals surface area contributed by atoms with Crippen LogP contribution in [-0.2, 0) is 0 Å². The minimum atomic E-state index is 0.00424. The first-order valence-corrected chi connectivity index (χ1v) is 5.15. The summed E-state index contributed by atoms with van der Waals surface area (Å²) in [6.45, 7) is 1.04. The molecule has 78 valence electrons. The van der Waals surface area contributed by atoms with Gasteiger partial charge in [0.25, 0.3) is 0 Å². The van der Waals surface area contributed by atoms with Gasteiger partial charge in [0.2, 0.25) is 0 Å². The summed E-state index contributed by atoms with van der Waals surface area (Å²) in [5.74, 6) is 0.961. The molecule has 0 amide bonds. The lowest BCUT2D eigenvalue weighted by Crippen LogP contribution is -2.16. The van der Waals surface area contributed by atoms with Crippen LogP contribution >= 0.6 is 0 Å². The third-order valence-corrected chi connectivity index (χ3v) is 2.83. The lowest BCUT2D eigenvalue weighted by atomic mass is 10.2. The van der Waals surface area contributed by atoms with Crippen molar-refractivity contribution in [2.24, 2.45) is 0 Å². The van der Waals surface area contributed by atoms with Crippen LogP contribution in [0.15, 0.2) is 23.1 Å². The molecule has 5 heteroatoms. The minimum absolute atomic E-state index is 0.00424. The van der Waals surface area contributed by atoms with E-state index in [-0.39, 0.29) is 5.43 Å². The molecule has 1 aliphatic heterocycles. The van der Waals surface area contributed by atoms with Crippen LogP contribution in [-0.4, -0.2) is 21.1 Å². The molecule has 0 bridgehead atoms. The lowest BCUT2D eigenvalue weighted by molar-refractivity contribution is 0.598. The van der Waals surface area contributed by atoms with Gasteiger partial charge in [-0.05, 0) is 19.4 Å². The number of hydrogen-bond donors (Lipinski definition) is 2. The van der Waals surface area contributed by atoms with E-state index in [2.05, 4.69) is 15.5 Å². The smallest absolute Gasteiger partial charge is 0.183 e. The van der Waals surface area contributed by atoms with Gasteiger partial charge in [-0.25, -0.2) is 0 Å². The van der Waals surface area contributed by atoms with Gasteiger partial charge in [-0.3, -0.25) is 14.3 Å². The van der Waals surface area contributed by atoms with E-state index in [4.69, 9.17) is 0 Å². The molecule has 5 nitrogen and oxygen atoms in total. The number of rotatable bonds is 1. The normalized spacial score (nSPS) is 21.2. The molecule has 3 rings (SSSR count). The van der Waals surface area contributed by atoms with Crippen molar-refractivity contribution in [3.63, 3.8) is 0 Å². The first-order valence-electron chi connectivity index (χ1n) is 5.15. The molecule has 15 heavy (non-hydrogen) atoms. The lowest BCUT2D eigenvalue weighted by Gasteiger charge is -2.06. The minimum Gasteiger partial charge on any atom is -0.307 e. The third-order valence-electron chi connectivity index (χ3n) is 2.83. The van der Waals surface area contributed by atoms with Crippen molar-refractivity contribution < 1.29 is 0 Å². The van der Waals surface area contributed by atoms with E-state index in [1.54, 1.807) is 18.3 Å². The fraction of sp³-hybridized carbons (Fsp3) is 0.400. The summed E-state index contributed by atoms with van der Waals surface area (Å²) in [7, 11) is 0. The molecular formula is C10H12N4O. The molecule has 1 fully saturated rings. The second-order valence-electron chi connectivity index (χ2n) is 3.85. The molecule has 1 saturated heterocycles. The van der Waals surface area contributed by atoms with Gasteiger partial charge in [0.05, 0.1) is 6.04 Å². The predicted molar refractivity (Wildman–Crippen MR) is 55.8 cm³/mol. The topological polar surface area (TPSA) is 62.2 Å². The summed E-state index contributed by atoms with van der Waals surface area (Å²) >= 11 is 0. The molecule has 2 aromatic rings. The number of nitrogens with zero attached hydrogens (tertiary/aromatic N) is 2. The highest BCUT2D eigenvalue weighted by molar-refractivity contribution is 5.37. The van der Waals surface area contributed by atoms with Crippen molar-refractivity contribution in [3.05, 3.63) is 34.4 Å². The second kappa shape index (κ2) is 3.20. The van der Waals surface area contributed by atoms with Gasteiger partial charge < -0.3 is 5.32 Å². The summed E-state index contributed by atoms with van der Waals surface area (Å²) in [5, 5.41) is 10.5. The molecule has 3 heterocycles. The van der Waals surface area contributed by atoms with Crippen molar-refractivity contribution in [1.82, 2.24) is 19.9 Å². The summed E-state index contributed by atoms with van der Waals surface area (Å²) in [4.78, 5) is 11.1. The van der Waals surface area contributed by atoms with E-state index in [1.807, 2.05) is 4.40 Å². The van der Waals surface area contributed by atoms with Gasteiger partial charge in [0.1, 0.15) is 5.65 Å². The number of H-pyrrole nitrogens is 1. The Bertz CT molecular complexity index is 536. The number of aromatic amines is 1. The molecule has 1 atom stereocenters. The quantitative estimate of drug-likeness (QED) is 0.708. The van der Waals surface area contributed by atoms with Gasteiger partial charge in [-0.1, -0.05) is 0 Å². The van der Waals surface area contributed by atoms with Crippen molar-refractivity contribution in [3.8, 4) is 0 Å². The van der Waals surface area contributed by atoms with Crippen molar-refractivity contribution in [1.29, 1.82) is 0 Å². The fourth-order valence-electron chi connectivity index (χ4n) is 2.09. The molecule has 1 unspecified atom stereocenters. The molecule has 0 radical (unpaired) electrons. The molecule has 0 saturated carbocycles. The maximum Gasteiger partial charge on any atom is 0.183 e. The highest BCUT2D eigenvalue weighted by Crippen LogP contribution is 2.21. The average molecular weight is 204 g/mol. The van der Waals surface area contributed by atoms with Crippen LogP contribution in [0.4, 0.5) is 0 Å². The number of aromatic nitrogens is 3. The summed E-state index contributed by atoms with van der Waals surface area (Å²) in [6, 6.07) is 3.42. The van der Waals surface area contributed by atoms with Crippen molar-refractivity contribution in [2.45, 2.75) is 18.9 Å². The average Bonchev–Trinajstić information content (AvgIpc) is 2.82. The highest BCUT2D eigenvalue weighted by atomic mass is 16.1. The summed E-state index contributed by atoms with van der Waals surface area (Å²) < 4.78 is 1.93. The third kappa shape index (κ3) is 1.35. The molecule has 0 spiro atoms. The first kappa shape index (κ1) is 8.67. The van der Waals surface area contributed by atoms with E-state index < -0.39 is 0 Å².